The molecule has 134 valence electrons. The quantitative estimate of drug-likeness (QED) is 0.653. The first-order valence-electron chi connectivity index (χ1n) is 8.38. The Kier molecular flexibility index (Phi) is 4.54. The maximum atomic E-state index is 13.2. The van der Waals surface area contributed by atoms with Crippen molar-refractivity contribution in [2.75, 3.05) is 31.1 Å². The van der Waals surface area contributed by atoms with Crippen molar-refractivity contribution in [1.82, 2.24) is 9.88 Å². The van der Waals surface area contributed by atoms with E-state index in [1.807, 2.05) is 6.07 Å². The molecular formula is C19H17ClFN3OS. The van der Waals surface area contributed by atoms with Gasteiger partial charge in [0.25, 0.3) is 5.91 Å². The Balaban J connectivity index is 1.47. The number of anilines is 1. The second-order valence-electron chi connectivity index (χ2n) is 6.37. The molecule has 1 fully saturated rings. The van der Waals surface area contributed by atoms with Gasteiger partial charge in [0.05, 0.1) is 20.8 Å². The Morgan fingerprint density at radius 2 is 1.92 bits per heavy atom. The zero-order valence-corrected chi connectivity index (χ0v) is 15.8. The molecular weight excluding hydrogens is 373 g/mol. The van der Waals surface area contributed by atoms with E-state index >= 15 is 0 Å². The molecule has 7 heteroatoms. The van der Waals surface area contributed by atoms with Gasteiger partial charge in [-0.2, -0.15) is 0 Å². The SMILES string of the molecule is Cc1ccc2nc(N3CCN(C(=O)c4ccc(F)cc4Cl)CC3)sc2c1. The number of aryl methyl sites for hydroxylation is 1. The first-order chi connectivity index (χ1) is 12.5. The van der Waals surface area contributed by atoms with Crippen molar-refractivity contribution in [1.29, 1.82) is 0 Å². The van der Waals surface area contributed by atoms with Crippen LogP contribution in [0.25, 0.3) is 10.2 Å². The number of piperazine rings is 1. The van der Waals surface area contributed by atoms with E-state index in [9.17, 15) is 9.18 Å². The zero-order chi connectivity index (χ0) is 18.3. The number of nitrogens with zero attached hydrogens (tertiary/aromatic N) is 3. The Labute approximate surface area is 159 Å². The topological polar surface area (TPSA) is 36.4 Å². The minimum absolute atomic E-state index is 0.152. The smallest absolute Gasteiger partial charge is 0.255 e. The van der Waals surface area contributed by atoms with Crippen LogP contribution < -0.4 is 4.90 Å². The van der Waals surface area contributed by atoms with Crippen molar-refractivity contribution in [3.8, 4) is 0 Å². The number of hydrogen-bond donors (Lipinski definition) is 0. The summed E-state index contributed by atoms with van der Waals surface area (Å²) in [4.78, 5) is 21.3. The number of carbonyl (C=O) groups excluding carboxylic acids is 1. The highest BCUT2D eigenvalue weighted by Gasteiger charge is 2.25. The van der Waals surface area contributed by atoms with E-state index in [4.69, 9.17) is 16.6 Å². The van der Waals surface area contributed by atoms with Crippen molar-refractivity contribution in [2.45, 2.75) is 6.92 Å². The molecule has 3 aromatic rings. The molecule has 4 rings (SSSR count). The Morgan fingerprint density at radius 1 is 1.15 bits per heavy atom. The lowest BCUT2D eigenvalue weighted by atomic mass is 10.1. The van der Waals surface area contributed by atoms with Gasteiger partial charge in [-0.3, -0.25) is 4.79 Å². The van der Waals surface area contributed by atoms with Crippen LogP contribution in [0, 0.1) is 12.7 Å². The molecule has 0 bridgehead atoms. The summed E-state index contributed by atoms with van der Waals surface area (Å²) in [5, 5.41) is 1.14. The van der Waals surface area contributed by atoms with Gasteiger partial charge in [0, 0.05) is 26.2 Å². The fourth-order valence-corrected chi connectivity index (χ4v) is 4.45. The highest BCUT2D eigenvalue weighted by Crippen LogP contribution is 2.30. The minimum atomic E-state index is -0.442. The van der Waals surface area contributed by atoms with E-state index in [0.29, 0.717) is 31.7 Å². The molecule has 1 aliphatic heterocycles. The molecule has 0 saturated carbocycles. The fourth-order valence-electron chi connectivity index (χ4n) is 3.09. The number of amides is 1. The van der Waals surface area contributed by atoms with E-state index < -0.39 is 5.82 Å². The molecule has 1 amide bonds. The summed E-state index contributed by atoms with van der Waals surface area (Å²) in [5.74, 6) is -0.600. The van der Waals surface area contributed by atoms with Gasteiger partial charge >= 0.3 is 0 Å². The lowest BCUT2D eigenvalue weighted by molar-refractivity contribution is 0.0747. The zero-order valence-electron chi connectivity index (χ0n) is 14.2. The van der Waals surface area contributed by atoms with E-state index in [1.165, 1.54) is 28.5 Å². The van der Waals surface area contributed by atoms with Gasteiger partial charge in [0.15, 0.2) is 5.13 Å². The molecule has 1 aromatic heterocycles. The number of hydrogen-bond acceptors (Lipinski definition) is 4. The number of halogens is 2. The van der Waals surface area contributed by atoms with E-state index in [1.54, 1.807) is 16.2 Å². The number of rotatable bonds is 2. The third-order valence-electron chi connectivity index (χ3n) is 4.53. The summed E-state index contributed by atoms with van der Waals surface area (Å²) in [6, 6.07) is 10.1. The maximum absolute atomic E-state index is 13.2. The third-order valence-corrected chi connectivity index (χ3v) is 5.92. The Bertz CT molecular complexity index is 982. The predicted molar refractivity (Wildman–Crippen MR) is 104 cm³/mol. The summed E-state index contributed by atoms with van der Waals surface area (Å²) in [6.07, 6.45) is 0. The molecule has 0 spiro atoms. The van der Waals surface area contributed by atoms with Crippen molar-refractivity contribution in [2.24, 2.45) is 0 Å². The summed E-state index contributed by atoms with van der Waals surface area (Å²) < 4.78 is 14.4. The number of carbonyl (C=O) groups is 1. The number of benzene rings is 2. The van der Waals surface area contributed by atoms with Gasteiger partial charge in [-0.1, -0.05) is 29.0 Å². The van der Waals surface area contributed by atoms with Crippen molar-refractivity contribution in [3.63, 3.8) is 0 Å². The van der Waals surface area contributed by atoms with Crippen molar-refractivity contribution in [3.05, 3.63) is 58.4 Å². The monoisotopic (exact) mass is 389 g/mol. The molecule has 0 radical (unpaired) electrons. The molecule has 0 atom stereocenters. The summed E-state index contributed by atoms with van der Waals surface area (Å²) >= 11 is 7.70. The van der Waals surface area contributed by atoms with E-state index in [2.05, 4.69) is 24.0 Å². The second-order valence-corrected chi connectivity index (χ2v) is 7.79. The van der Waals surface area contributed by atoms with Gasteiger partial charge in [-0.15, -0.1) is 0 Å². The Hall–Kier alpha value is -2.18. The Morgan fingerprint density at radius 3 is 2.65 bits per heavy atom. The largest absolute Gasteiger partial charge is 0.345 e. The molecule has 0 unspecified atom stereocenters. The average molecular weight is 390 g/mol. The number of fused-ring (bicyclic) bond motifs is 1. The maximum Gasteiger partial charge on any atom is 0.255 e. The molecule has 26 heavy (non-hydrogen) atoms. The van der Waals surface area contributed by atoms with Crippen molar-refractivity contribution >= 4 is 44.2 Å². The van der Waals surface area contributed by atoms with Gasteiger partial charge in [-0.05, 0) is 42.8 Å². The average Bonchev–Trinajstić information content (AvgIpc) is 3.04. The first kappa shape index (κ1) is 17.2. The van der Waals surface area contributed by atoms with Gasteiger partial charge in [0.2, 0.25) is 0 Å². The summed E-state index contributed by atoms with van der Waals surface area (Å²) in [5.41, 5.74) is 2.57. The van der Waals surface area contributed by atoms with Crippen LogP contribution in [0.15, 0.2) is 36.4 Å². The fraction of sp³-hybridized carbons (Fsp3) is 0.263. The van der Waals surface area contributed by atoms with Crippen molar-refractivity contribution < 1.29 is 9.18 Å². The molecule has 0 N–H and O–H groups in total. The molecule has 1 saturated heterocycles. The highest BCUT2D eigenvalue weighted by molar-refractivity contribution is 7.22. The third kappa shape index (κ3) is 3.27. The summed E-state index contributed by atoms with van der Waals surface area (Å²) in [6.45, 7) is 4.67. The van der Waals surface area contributed by atoms with Crippen LogP contribution in [0.5, 0.6) is 0 Å². The molecule has 2 heterocycles. The van der Waals surface area contributed by atoms with Crippen LogP contribution in [0.2, 0.25) is 5.02 Å². The van der Waals surface area contributed by atoms with Gasteiger partial charge in [-0.25, -0.2) is 9.37 Å². The number of thiazole rings is 1. The lowest BCUT2D eigenvalue weighted by Crippen LogP contribution is -2.48. The summed E-state index contributed by atoms with van der Waals surface area (Å²) in [7, 11) is 0. The van der Waals surface area contributed by atoms with Crippen LogP contribution in [0.3, 0.4) is 0 Å². The lowest BCUT2D eigenvalue weighted by Gasteiger charge is -2.34. The van der Waals surface area contributed by atoms with Gasteiger partial charge in [0.1, 0.15) is 5.82 Å². The van der Waals surface area contributed by atoms with Crippen LogP contribution in [0.4, 0.5) is 9.52 Å². The van der Waals surface area contributed by atoms with Crippen LogP contribution in [-0.4, -0.2) is 42.0 Å². The van der Waals surface area contributed by atoms with Crippen LogP contribution in [0.1, 0.15) is 15.9 Å². The first-order valence-corrected chi connectivity index (χ1v) is 9.57. The molecule has 0 aliphatic carbocycles. The van der Waals surface area contributed by atoms with Gasteiger partial charge < -0.3 is 9.80 Å². The number of aromatic nitrogens is 1. The highest BCUT2D eigenvalue weighted by atomic mass is 35.5. The van der Waals surface area contributed by atoms with E-state index in [-0.39, 0.29) is 10.9 Å². The minimum Gasteiger partial charge on any atom is -0.345 e. The van der Waals surface area contributed by atoms with E-state index in [0.717, 1.165) is 10.6 Å². The molecule has 1 aliphatic rings. The predicted octanol–water partition coefficient (Wildman–Crippen LogP) is 4.36. The molecule has 2 aromatic carbocycles. The van der Waals surface area contributed by atoms with Crippen LogP contribution in [-0.2, 0) is 0 Å². The standard InChI is InChI=1S/C19H17ClFN3OS/c1-12-2-5-16-17(10-12)26-19(22-16)24-8-6-23(7-9-24)18(25)14-4-3-13(21)11-15(14)20/h2-5,10-11H,6-9H2,1H3. The molecule has 4 nitrogen and oxygen atoms in total. The van der Waals surface area contributed by atoms with Crippen LogP contribution >= 0.6 is 22.9 Å². The normalized spacial score (nSPS) is 14.9. The second kappa shape index (κ2) is 6.85.